The van der Waals surface area contributed by atoms with Crippen molar-refractivity contribution in [3.63, 3.8) is 0 Å². The van der Waals surface area contributed by atoms with Gasteiger partial charge in [-0.2, -0.15) is 5.10 Å². The molecule has 0 atom stereocenters. The van der Waals surface area contributed by atoms with E-state index in [1.165, 1.54) is 90.6 Å². The van der Waals surface area contributed by atoms with Crippen molar-refractivity contribution in [2.75, 3.05) is 7.11 Å². The van der Waals surface area contributed by atoms with Gasteiger partial charge in [0.15, 0.2) is 0 Å². The highest BCUT2D eigenvalue weighted by atomic mass is 16.5. The van der Waals surface area contributed by atoms with Crippen LogP contribution < -0.4 is 5.43 Å². The summed E-state index contributed by atoms with van der Waals surface area (Å²) in [5.74, 6) is -0.424. The van der Waals surface area contributed by atoms with Gasteiger partial charge >= 0.3 is 5.97 Å². The Labute approximate surface area is 195 Å². The first-order chi connectivity index (χ1) is 15.7. The lowest BCUT2D eigenvalue weighted by atomic mass is 10.0. The molecule has 1 amide bonds. The SMILES string of the molecule is CCCCCCCCCCCCCCCCCC(=O)N/N=C/c1ccc(C(=O)OC)cc1. The zero-order valence-electron chi connectivity index (χ0n) is 20.4. The Morgan fingerprint density at radius 2 is 1.25 bits per heavy atom. The van der Waals surface area contributed by atoms with E-state index in [-0.39, 0.29) is 11.9 Å². The molecule has 0 spiro atoms. The third-order valence-corrected chi connectivity index (χ3v) is 5.74. The average Bonchev–Trinajstić information content (AvgIpc) is 2.81. The van der Waals surface area contributed by atoms with E-state index in [2.05, 4.69) is 22.2 Å². The minimum atomic E-state index is -0.370. The van der Waals surface area contributed by atoms with E-state index in [4.69, 9.17) is 0 Å². The fourth-order valence-electron chi connectivity index (χ4n) is 3.71. The number of nitrogens with zero attached hydrogens (tertiary/aromatic N) is 1. The molecule has 5 nitrogen and oxygen atoms in total. The average molecular weight is 445 g/mol. The van der Waals surface area contributed by atoms with E-state index >= 15 is 0 Å². The summed E-state index contributed by atoms with van der Waals surface area (Å²) in [7, 11) is 1.35. The van der Waals surface area contributed by atoms with E-state index < -0.39 is 0 Å². The Bertz CT molecular complexity index is 641. The Morgan fingerprint density at radius 1 is 0.781 bits per heavy atom. The standard InChI is InChI=1S/C27H44N2O3/c1-3-4-5-6-7-8-9-10-11-12-13-14-15-16-17-18-26(30)29-28-23-24-19-21-25(22-20-24)27(31)32-2/h19-23H,3-18H2,1-2H3,(H,29,30)/b28-23+. The van der Waals surface area contributed by atoms with E-state index in [1.807, 2.05) is 0 Å². The van der Waals surface area contributed by atoms with Crippen molar-refractivity contribution in [2.24, 2.45) is 5.10 Å². The number of hydrazone groups is 1. The number of nitrogens with one attached hydrogen (secondary N) is 1. The molecule has 1 aromatic carbocycles. The smallest absolute Gasteiger partial charge is 0.337 e. The number of methoxy groups -OCH3 is 1. The molecular weight excluding hydrogens is 400 g/mol. The van der Waals surface area contributed by atoms with Gasteiger partial charge in [-0.3, -0.25) is 4.79 Å². The maximum Gasteiger partial charge on any atom is 0.337 e. The third-order valence-electron chi connectivity index (χ3n) is 5.74. The number of rotatable bonds is 19. The van der Waals surface area contributed by atoms with Crippen molar-refractivity contribution in [1.29, 1.82) is 0 Å². The van der Waals surface area contributed by atoms with Gasteiger partial charge in [0.25, 0.3) is 0 Å². The molecule has 0 bridgehead atoms. The van der Waals surface area contributed by atoms with Crippen molar-refractivity contribution >= 4 is 18.1 Å². The highest BCUT2D eigenvalue weighted by Crippen LogP contribution is 2.13. The summed E-state index contributed by atoms with van der Waals surface area (Å²) in [6.45, 7) is 2.27. The van der Waals surface area contributed by atoms with Gasteiger partial charge in [-0.05, 0) is 24.1 Å². The Morgan fingerprint density at radius 3 is 1.72 bits per heavy atom. The lowest BCUT2D eigenvalue weighted by Crippen LogP contribution is -2.16. The van der Waals surface area contributed by atoms with Gasteiger partial charge in [-0.15, -0.1) is 0 Å². The molecule has 0 radical (unpaired) electrons. The number of ether oxygens (including phenoxy) is 1. The Kier molecular flexibility index (Phi) is 17.0. The van der Waals surface area contributed by atoms with Gasteiger partial charge in [0, 0.05) is 6.42 Å². The molecule has 0 fully saturated rings. The van der Waals surface area contributed by atoms with E-state index in [0.717, 1.165) is 18.4 Å². The van der Waals surface area contributed by atoms with Gasteiger partial charge in [0.1, 0.15) is 0 Å². The summed E-state index contributed by atoms with van der Waals surface area (Å²) in [6.07, 6.45) is 21.8. The molecule has 0 aliphatic carbocycles. The highest BCUT2D eigenvalue weighted by molar-refractivity contribution is 5.90. The van der Waals surface area contributed by atoms with E-state index in [1.54, 1.807) is 30.5 Å². The van der Waals surface area contributed by atoms with Gasteiger partial charge in [0.05, 0.1) is 18.9 Å². The maximum absolute atomic E-state index is 11.9. The number of amides is 1. The largest absolute Gasteiger partial charge is 0.465 e. The van der Waals surface area contributed by atoms with Crippen LogP contribution in [0.3, 0.4) is 0 Å². The first-order valence-corrected chi connectivity index (χ1v) is 12.7. The molecule has 1 rings (SSSR count). The monoisotopic (exact) mass is 444 g/mol. The van der Waals surface area contributed by atoms with Crippen LogP contribution in [0.2, 0.25) is 0 Å². The van der Waals surface area contributed by atoms with Crippen LogP contribution >= 0.6 is 0 Å². The number of unbranched alkanes of at least 4 members (excludes halogenated alkanes) is 14. The molecule has 5 heteroatoms. The van der Waals surface area contributed by atoms with Crippen LogP contribution in [0, 0.1) is 0 Å². The fraction of sp³-hybridized carbons (Fsp3) is 0.667. The second kappa shape index (κ2) is 19.5. The highest BCUT2D eigenvalue weighted by Gasteiger charge is 2.03. The molecule has 180 valence electrons. The predicted molar refractivity (Wildman–Crippen MR) is 133 cm³/mol. The number of carbonyl (C=O) groups is 2. The minimum Gasteiger partial charge on any atom is -0.465 e. The van der Waals surface area contributed by atoms with Crippen LogP contribution in [0.15, 0.2) is 29.4 Å². The summed E-state index contributed by atoms with van der Waals surface area (Å²) in [5, 5.41) is 3.98. The topological polar surface area (TPSA) is 67.8 Å². The lowest BCUT2D eigenvalue weighted by molar-refractivity contribution is -0.121. The van der Waals surface area contributed by atoms with Crippen LogP contribution in [-0.2, 0) is 9.53 Å². The Hall–Kier alpha value is -2.17. The molecule has 1 N–H and O–H groups in total. The number of hydrogen-bond acceptors (Lipinski definition) is 4. The zero-order chi connectivity index (χ0) is 23.3. The first-order valence-electron chi connectivity index (χ1n) is 12.7. The molecular formula is C27H44N2O3. The summed E-state index contributed by atoms with van der Waals surface area (Å²) >= 11 is 0. The van der Waals surface area contributed by atoms with Crippen molar-refractivity contribution < 1.29 is 14.3 Å². The summed E-state index contributed by atoms with van der Waals surface area (Å²) in [6, 6.07) is 6.86. The molecule has 0 unspecified atom stereocenters. The molecule has 1 aromatic rings. The van der Waals surface area contributed by atoms with Crippen LogP contribution in [0.4, 0.5) is 0 Å². The molecule has 0 aromatic heterocycles. The lowest BCUT2D eigenvalue weighted by Gasteiger charge is -2.03. The van der Waals surface area contributed by atoms with Gasteiger partial charge in [0.2, 0.25) is 5.91 Å². The van der Waals surface area contributed by atoms with Crippen LogP contribution in [-0.4, -0.2) is 25.2 Å². The fourth-order valence-corrected chi connectivity index (χ4v) is 3.71. The summed E-state index contributed by atoms with van der Waals surface area (Å²) < 4.78 is 4.66. The van der Waals surface area contributed by atoms with Crippen molar-refractivity contribution in [2.45, 2.75) is 110 Å². The van der Waals surface area contributed by atoms with E-state index in [9.17, 15) is 9.59 Å². The van der Waals surface area contributed by atoms with Crippen LogP contribution in [0.1, 0.15) is 126 Å². The molecule has 0 saturated heterocycles. The maximum atomic E-state index is 11.9. The quantitative estimate of drug-likeness (QED) is 0.106. The second-order valence-corrected chi connectivity index (χ2v) is 8.61. The van der Waals surface area contributed by atoms with Gasteiger partial charge in [-0.25, -0.2) is 10.2 Å². The third kappa shape index (κ3) is 14.8. The minimum absolute atomic E-state index is 0.0536. The van der Waals surface area contributed by atoms with Gasteiger partial charge in [-0.1, -0.05) is 109 Å². The molecule has 0 heterocycles. The molecule has 0 saturated carbocycles. The van der Waals surface area contributed by atoms with Crippen LogP contribution in [0.5, 0.6) is 0 Å². The number of benzene rings is 1. The zero-order valence-corrected chi connectivity index (χ0v) is 20.4. The van der Waals surface area contributed by atoms with Crippen molar-refractivity contribution in [3.05, 3.63) is 35.4 Å². The first kappa shape index (κ1) is 27.9. The van der Waals surface area contributed by atoms with Crippen molar-refractivity contribution in [3.8, 4) is 0 Å². The summed E-state index contributed by atoms with van der Waals surface area (Å²) in [5.41, 5.74) is 3.87. The molecule has 0 aliphatic rings. The predicted octanol–water partition coefficient (Wildman–Crippen LogP) is 7.18. The number of hydrogen-bond donors (Lipinski definition) is 1. The van der Waals surface area contributed by atoms with Crippen molar-refractivity contribution in [1.82, 2.24) is 5.43 Å². The van der Waals surface area contributed by atoms with E-state index in [0.29, 0.717) is 12.0 Å². The normalized spacial score (nSPS) is 11.1. The molecule has 32 heavy (non-hydrogen) atoms. The molecule has 0 aliphatic heterocycles. The van der Waals surface area contributed by atoms with Crippen LogP contribution in [0.25, 0.3) is 0 Å². The van der Waals surface area contributed by atoms with Gasteiger partial charge < -0.3 is 4.74 Å². The summed E-state index contributed by atoms with van der Waals surface area (Å²) in [4.78, 5) is 23.3. The number of carbonyl (C=O) groups excluding carboxylic acids is 2. The Balaban J connectivity index is 1.92. The number of esters is 1. The second-order valence-electron chi connectivity index (χ2n) is 8.61.